The lowest BCUT2D eigenvalue weighted by molar-refractivity contribution is 0.104. The molecule has 0 aliphatic carbocycles. The Kier molecular flexibility index (Phi) is 5.47. The van der Waals surface area contributed by atoms with Crippen molar-refractivity contribution in [3.8, 4) is 0 Å². The van der Waals surface area contributed by atoms with Crippen LogP contribution in [0.15, 0.2) is 54.6 Å². The van der Waals surface area contributed by atoms with E-state index >= 15 is 0 Å². The van der Waals surface area contributed by atoms with Crippen LogP contribution in [0.25, 0.3) is 0 Å². The summed E-state index contributed by atoms with van der Waals surface area (Å²) in [4.78, 5) is 5.18. The Labute approximate surface area is 140 Å². The minimum Gasteiger partial charge on any atom is -0.298 e. The molecule has 1 aliphatic rings. The molecular weight excluding hydrogens is 280 g/mol. The number of hydrogen-bond acceptors (Lipinski definition) is 2. The zero-order chi connectivity index (χ0) is 16.1. The molecule has 2 aromatic rings. The summed E-state index contributed by atoms with van der Waals surface area (Å²) in [5, 5.41) is 0. The van der Waals surface area contributed by atoms with E-state index in [1.807, 2.05) is 0 Å². The van der Waals surface area contributed by atoms with Gasteiger partial charge < -0.3 is 0 Å². The van der Waals surface area contributed by atoms with Crippen molar-refractivity contribution < 1.29 is 0 Å². The number of hydrogen-bond donors (Lipinski definition) is 0. The van der Waals surface area contributed by atoms with Gasteiger partial charge in [0.05, 0.1) is 0 Å². The first-order valence-electron chi connectivity index (χ1n) is 8.79. The van der Waals surface area contributed by atoms with E-state index in [0.29, 0.717) is 6.04 Å². The number of piperazine rings is 1. The smallest absolute Gasteiger partial charge is 0.0237 e. The van der Waals surface area contributed by atoms with E-state index in [1.54, 1.807) is 0 Å². The topological polar surface area (TPSA) is 6.48 Å². The molecule has 122 valence electrons. The van der Waals surface area contributed by atoms with E-state index < -0.39 is 0 Å². The van der Waals surface area contributed by atoms with Crippen LogP contribution in [0.2, 0.25) is 0 Å². The minimum atomic E-state index is 0.669. The van der Waals surface area contributed by atoms with Gasteiger partial charge in [0.25, 0.3) is 0 Å². The largest absolute Gasteiger partial charge is 0.298 e. The molecule has 0 spiro atoms. The van der Waals surface area contributed by atoms with E-state index in [-0.39, 0.29) is 0 Å². The third-order valence-corrected chi connectivity index (χ3v) is 4.89. The van der Waals surface area contributed by atoms with Crippen LogP contribution in [0.4, 0.5) is 0 Å². The molecule has 0 saturated carbocycles. The predicted octanol–water partition coefficient (Wildman–Crippen LogP) is 3.80. The Morgan fingerprint density at radius 2 is 1.39 bits per heavy atom. The van der Waals surface area contributed by atoms with Crippen molar-refractivity contribution in [1.82, 2.24) is 9.80 Å². The van der Waals surface area contributed by atoms with Crippen LogP contribution >= 0.6 is 0 Å². The van der Waals surface area contributed by atoms with Crippen LogP contribution < -0.4 is 0 Å². The van der Waals surface area contributed by atoms with Crippen LogP contribution in [-0.4, -0.2) is 42.0 Å². The summed E-state index contributed by atoms with van der Waals surface area (Å²) in [5.41, 5.74) is 4.34. The van der Waals surface area contributed by atoms with Gasteiger partial charge >= 0.3 is 0 Å². The molecule has 23 heavy (non-hydrogen) atoms. The van der Waals surface area contributed by atoms with E-state index in [1.165, 1.54) is 42.9 Å². The molecular formula is C21H28N2. The number of benzene rings is 2. The van der Waals surface area contributed by atoms with Crippen molar-refractivity contribution in [2.24, 2.45) is 0 Å². The van der Waals surface area contributed by atoms with Crippen molar-refractivity contribution in [3.05, 3.63) is 71.3 Å². The molecule has 0 amide bonds. The summed E-state index contributed by atoms with van der Waals surface area (Å²) in [6, 6.07) is 20.4. The zero-order valence-electron chi connectivity index (χ0n) is 14.4. The summed E-state index contributed by atoms with van der Waals surface area (Å²) in [6.07, 6.45) is 1.03. The van der Waals surface area contributed by atoms with Crippen molar-refractivity contribution in [1.29, 1.82) is 0 Å². The summed E-state index contributed by atoms with van der Waals surface area (Å²) < 4.78 is 0. The molecule has 0 unspecified atom stereocenters. The lowest BCUT2D eigenvalue weighted by Gasteiger charge is -2.37. The van der Waals surface area contributed by atoms with Gasteiger partial charge in [0.15, 0.2) is 0 Å². The van der Waals surface area contributed by atoms with Crippen LogP contribution in [0.3, 0.4) is 0 Å². The molecule has 0 atom stereocenters. The monoisotopic (exact) mass is 308 g/mol. The fraction of sp³-hybridized carbons (Fsp3) is 0.429. The maximum Gasteiger partial charge on any atom is 0.0237 e. The highest BCUT2D eigenvalue weighted by Crippen LogP contribution is 2.17. The van der Waals surface area contributed by atoms with E-state index in [0.717, 1.165) is 13.0 Å². The van der Waals surface area contributed by atoms with E-state index in [2.05, 4.69) is 78.2 Å². The highest BCUT2D eigenvalue weighted by atomic mass is 15.3. The molecule has 1 saturated heterocycles. The first-order chi connectivity index (χ1) is 11.2. The van der Waals surface area contributed by atoms with Gasteiger partial charge in [-0.25, -0.2) is 0 Å². The molecule has 0 aromatic heterocycles. The maximum absolute atomic E-state index is 2.60. The molecule has 0 N–H and O–H groups in total. The van der Waals surface area contributed by atoms with Gasteiger partial charge in [0.1, 0.15) is 0 Å². The van der Waals surface area contributed by atoms with Crippen LogP contribution in [0.5, 0.6) is 0 Å². The van der Waals surface area contributed by atoms with Crippen molar-refractivity contribution in [3.63, 3.8) is 0 Å². The van der Waals surface area contributed by atoms with Crippen molar-refractivity contribution in [2.75, 3.05) is 26.2 Å². The Morgan fingerprint density at radius 1 is 0.783 bits per heavy atom. The van der Waals surface area contributed by atoms with Crippen molar-refractivity contribution >= 4 is 0 Å². The zero-order valence-corrected chi connectivity index (χ0v) is 14.4. The van der Waals surface area contributed by atoms with Gasteiger partial charge in [-0.15, -0.1) is 0 Å². The average molecular weight is 308 g/mol. The third-order valence-electron chi connectivity index (χ3n) is 4.89. The van der Waals surface area contributed by atoms with Gasteiger partial charge in [-0.05, 0) is 37.0 Å². The SMILES string of the molecule is CC(C)N1CCN(Cc2ccccc2Cc2ccccc2)CC1. The van der Waals surface area contributed by atoms with Gasteiger partial charge in [-0.3, -0.25) is 9.80 Å². The fourth-order valence-electron chi connectivity index (χ4n) is 3.38. The summed E-state index contributed by atoms with van der Waals surface area (Å²) in [5.74, 6) is 0. The van der Waals surface area contributed by atoms with Gasteiger partial charge in [0, 0.05) is 38.8 Å². The summed E-state index contributed by atoms with van der Waals surface area (Å²) in [7, 11) is 0. The van der Waals surface area contributed by atoms with Crippen molar-refractivity contribution in [2.45, 2.75) is 32.9 Å². The van der Waals surface area contributed by atoms with Gasteiger partial charge in [-0.2, -0.15) is 0 Å². The summed E-state index contributed by atoms with van der Waals surface area (Å²) in [6.45, 7) is 10.4. The third kappa shape index (κ3) is 4.43. The fourth-order valence-corrected chi connectivity index (χ4v) is 3.38. The second-order valence-corrected chi connectivity index (χ2v) is 6.84. The molecule has 1 heterocycles. The molecule has 0 radical (unpaired) electrons. The standard InChI is InChI=1S/C21H28N2/c1-18(2)23-14-12-22(13-15-23)17-21-11-7-6-10-20(21)16-19-8-4-3-5-9-19/h3-11,18H,12-17H2,1-2H3. The minimum absolute atomic E-state index is 0.669. The van der Waals surface area contributed by atoms with Gasteiger partial charge in [-0.1, -0.05) is 54.6 Å². The molecule has 2 aromatic carbocycles. The Bertz CT molecular complexity index is 598. The van der Waals surface area contributed by atoms with E-state index in [9.17, 15) is 0 Å². The van der Waals surface area contributed by atoms with Crippen LogP contribution in [-0.2, 0) is 13.0 Å². The first kappa shape index (κ1) is 16.2. The molecule has 1 fully saturated rings. The molecule has 3 rings (SSSR count). The highest BCUT2D eigenvalue weighted by Gasteiger charge is 2.19. The maximum atomic E-state index is 2.60. The lowest BCUT2D eigenvalue weighted by atomic mass is 9.99. The highest BCUT2D eigenvalue weighted by molar-refractivity contribution is 5.32. The molecule has 2 nitrogen and oxygen atoms in total. The van der Waals surface area contributed by atoms with Crippen LogP contribution in [0, 0.1) is 0 Å². The van der Waals surface area contributed by atoms with E-state index in [4.69, 9.17) is 0 Å². The Morgan fingerprint density at radius 3 is 2.04 bits per heavy atom. The quantitative estimate of drug-likeness (QED) is 0.829. The first-order valence-corrected chi connectivity index (χ1v) is 8.79. The molecule has 2 heteroatoms. The lowest BCUT2D eigenvalue weighted by Crippen LogP contribution is -2.48. The Hall–Kier alpha value is -1.64. The van der Waals surface area contributed by atoms with Gasteiger partial charge in [0.2, 0.25) is 0 Å². The molecule has 0 bridgehead atoms. The van der Waals surface area contributed by atoms with Crippen LogP contribution in [0.1, 0.15) is 30.5 Å². The number of rotatable bonds is 5. The molecule has 1 aliphatic heterocycles. The normalized spacial score (nSPS) is 16.8. The summed E-state index contributed by atoms with van der Waals surface area (Å²) >= 11 is 0. The average Bonchev–Trinajstić information content (AvgIpc) is 2.58. The second kappa shape index (κ2) is 7.76. The predicted molar refractivity (Wildman–Crippen MR) is 97.7 cm³/mol. The number of nitrogens with zero attached hydrogens (tertiary/aromatic N) is 2. The second-order valence-electron chi connectivity index (χ2n) is 6.84. The Balaban J connectivity index is 1.65.